The number of hydrogen-bond acceptors (Lipinski definition) is 5. The number of hydrogen-bond donors (Lipinski definition) is 1. The number of nitrogens with zero attached hydrogens (tertiary/aromatic N) is 1. The molecule has 6 heteroatoms. The van der Waals surface area contributed by atoms with Crippen molar-refractivity contribution in [2.45, 2.75) is 20.4 Å². The molecule has 0 atom stereocenters. The zero-order valence-corrected chi connectivity index (χ0v) is 15.2. The molecule has 1 aromatic heterocycles. The van der Waals surface area contributed by atoms with Crippen LogP contribution in [-0.2, 0) is 16.1 Å². The molecule has 1 aromatic carbocycles. The second kappa shape index (κ2) is 9.46. The molecule has 1 heterocycles. The van der Waals surface area contributed by atoms with E-state index in [2.05, 4.69) is 11.9 Å². The van der Waals surface area contributed by atoms with E-state index < -0.39 is 5.97 Å². The number of esters is 1. The highest BCUT2D eigenvalue weighted by Gasteiger charge is 2.17. The number of nitrogens with one attached hydrogen (secondary N) is 1. The number of benzene rings is 1. The Kier molecular flexibility index (Phi) is 7.02. The molecule has 0 aliphatic carbocycles. The quantitative estimate of drug-likeness (QED) is 0.550. The van der Waals surface area contributed by atoms with Gasteiger partial charge in [-0.15, -0.1) is 0 Å². The third-order valence-electron chi connectivity index (χ3n) is 3.70. The van der Waals surface area contributed by atoms with Crippen LogP contribution in [0.25, 0.3) is 0 Å². The van der Waals surface area contributed by atoms with Gasteiger partial charge in [-0.05, 0) is 38.1 Å². The lowest BCUT2D eigenvalue weighted by molar-refractivity contribution is -0.133. The van der Waals surface area contributed by atoms with Crippen LogP contribution in [0.1, 0.15) is 30.0 Å². The Hall–Kier alpha value is -3.02. The predicted molar refractivity (Wildman–Crippen MR) is 99.8 cm³/mol. The van der Waals surface area contributed by atoms with E-state index in [-0.39, 0.29) is 12.5 Å². The van der Waals surface area contributed by atoms with Crippen LogP contribution < -0.4 is 5.32 Å². The zero-order chi connectivity index (χ0) is 18.9. The molecule has 0 fully saturated rings. The van der Waals surface area contributed by atoms with E-state index in [1.54, 1.807) is 35.4 Å². The van der Waals surface area contributed by atoms with Crippen molar-refractivity contribution in [1.29, 1.82) is 0 Å². The summed E-state index contributed by atoms with van der Waals surface area (Å²) in [6.45, 7) is 8.65. The minimum atomic E-state index is -0.549. The fourth-order valence-corrected chi connectivity index (χ4v) is 2.41. The molecule has 0 radical (unpaired) electrons. The van der Waals surface area contributed by atoms with Gasteiger partial charge in [0, 0.05) is 18.8 Å². The molecule has 0 aliphatic rings. The number of furan rings is 1. The Bertz CT molecular complexity index is 753. The van der Waals surface area contributed by atoms with Crippen molar-refractivity contribution in [1.82, 2.24) is 4.90 Å². The minimum absolute atomic E-state index is 0.245. The molecule has 0 bridgehead atoms. The summed E-state index contributed by atoms with van der Waals surface area (Å²) in [6.07, 6.45) is 1.59. The van der Waals surface area contributed by atoms with Crippen molar-refractivity contribution in [2.24, 2.45) is 0 Å². The summed E-state index contributed by atoms with van der Waals surface area (Å²) in [4.78, 5) is 26.2. The Labute approximate surface area is 153 Å². The maximum atomic E-state index is 12.4. The van der Waals surface area contributed by atoms with Gasteiger partial charge in [-0.25, -0.2) is 4.79 Å². The second-order valence-electron chi connectivity index (χ2n) is 5.92. The highest BCUT2D eigenvalue weighted by Crippen LogP contribution is 2.17. The molecule has 138 valence electrons. The molecule has 2 aromatic rings. The standard InChI is InChI=1S/C20H24N2O4/c1-4-22(13-15(2)3)19(23)14-26-20(24)17-9-5-6-10-18(17)21-12-16-8-7-11-25-16/h5-11,21H,2,4,12-14H2,1,3H3. The maximum Gasteiger partial charge on any atom is 0.340 e. The summed E-state index contributed by atoms with van der Waals surface area (Å²) < 4.78 is 10.5. The molecule has 0 aliphatic heterocycles. The Morgan fingerprint density at radius 1 is 1.23 bits per heavy atom. The van der Waals surface area contributed by atoms with Crippen LogP contribution in [0.2, 0.25) is 0 Å². The largest absolute Gasteiger partial charge is 0.467 e. The Morgan fingerprint density at radius 3 is 2.65 bits per heavy atom. The molecule has 0 unspecified atom stereocenters. The number of ether oxygens (including phenoxy) is 1. The topological polar surface area (TPSA) is 71.8 Å². The summed E-state index contributed by atoms with van der Waals surface area (Å²) in [5.74, 6) is -0.0427. The molecule has 1 N–H and O–H groups in total. The van der Waals surface area contributed by atoms with Gasteiger partial charge >= 0.3 is 5.97 Å². The first-order valence-electron chi connectivity index (χ1n) is 8.45. The van der Waals surface area contributed by atoms with Gasteiger partial charge in [0.1, 0.15) is 5.76 Å². The highest BCUT2D eigenvalue weighted by atomic mass is 16.5. The second-order valence-corrected chi connectivity index (χ2v) is 5.92. The van der Waals surface area contributed by atoms with Gasteiger partial charge in [0.05, 0.1) is 18.4 Å². The molecular formula is C20H24N2O4. The van der Waals surface area contributed by atoms with Gasteiger partial charge in [-0.2, -0.15) is 0 Å². The van der Waals surface area contributed by atoms with Gasteiger partial charge in [-0.1, -0.05) is 24.3 Å². The van der Waals surface area contributed by atoms with E-state index in [9.17, 15) is 9.59 Å². The summed E-state index contributed by atoms with van der Waals surface area (Å²) in [5.41, 5.74) is 1.87. The van der Waals surface area contributed by atoms with Crippen LogP contribution in [0.15, 0.2) is 59.2 Å². The van der Waals surface area contributed by atoms with Crippen LogP contribution >= 0.6 is 0 Å². The number of carbonyl (C=O) groups excluding carboxylic acids is 2. The number of anilines is 1. The smallest absolute Gasteiger partial charge is 0.340 e. The van der Waals surface area contributed by atoms with Crippen molar-refractivity contribution in [3.63, 3.8) is 0 Å². The molecule has 0 spiro atoms. The summed E-state index contributed by atoms with van der Waals surface area (Å²) >= 11 is 0. The van der Waals surface area contributed by atoms with Gasteiger partial charge in [0.25, 0.3) is 5.91 Å². The number of para-hydroxylation sites is 1. The van der Waals surface area contributed by atoms with Gasteiger partial charge < -0.3 is 19.4 Å². The lowest BCUT2D eigenvalue weighted by atomic mass is 10.2. The average molecular weight is 356 g/mol. The summed E-state index contributed by atoms with van der Waals surface area (Å²) in [6, 6.07) is 10.6. The fourth-order valence-electron chi connectivity index (χ4n) is 2.41. The van der Waals surface area contributed by atoms with Crippen LogP contribution in [-0.4, -0.2) is 36.5 Å². The first-order chi connectivity index (χ1) is 12.5. The van der Waals surface area contributed by atoms with Gasteiger partial charge in [0.15, 0.2) is 6.61 Å². The van der Waals surface area contributed by atoms with Crippen molar-refractivity contribution >= 4 is 17.6 Å². The maximum absolute atomic E-state index is 12.4. The first kappa shape index (κ1) is 19.3. The molecule has 26 heavy (non-hydrogen) atoms. The van der Waals surface area contributed by atoms with Crippen molar-refractivity contribution in [2.75, 3.05) is 25.0 Å². The fraction of sp³-hybridized carbons (Fsp3) is 0.300. The zero-order valence-electron chi connectivity index (χ0n) is 15.2. The molecule has 0 saturated carbocycles. The van der Waals surface area contributed by atoms with Crippen molar-refractivity contribution < 1.29 is 18.7 Å². The monoisotopic (exact) mass is 356 g/mol. The number of amides is 1. The van der Waals surface area contributed by atoms with E-state index >= 15 is 0 Å². The van der Waals surface area contributed by atoms with Gasteiger partial charge in [0.2, 0.25) is 0 Å². The lowest BCUT2D eigenvalue weighted by Gasteiger charge is -2.20. The molecule has 0 saturated heterocycles. The third kappa shape index (κ3) is 5.51. The SMILES string of the molecule is C=C(C)CN(CC)C(=O)COC(=O)c1ccccc1NCc1ccco1. The van der Waals surface area contributed by atoms with E-state index in [1.807, 2.05) is 26.0 Å². The van der Waals surface area contributed by atoms with E-state index in [1.165, 1.54) is 0 Å². The van der Waals surface area contributed by atoms with Crippen LogP contribution in [0.3, 0.4) is 0 Å². The Balaban J connectivity index is 1.96. The normalized spacial score (nSPS) is 10.2. The number of carbonyl (C=O) groups is 2. The van der Waals surface area contributed by atoms with E-state index in [4.69, 9.17) is 9.15 Å². The third-order valence-corrected chi connectivity index (χ3v) is 3.70. The highest BCUT2D eigenvalue weighted by molar-refractivity contribution is 5.96. The van der Waals surface area contributed by atoms with E-state index in [0.717, 1.165) is 11.3 Å². The van der Waals surface area contributed by atoms with Crippen LogP contribution in [0.4, 0.5) is 5.69 Å². The Morgan fingerprint density at radius 2 is 2.00 bits per heavy atom. The number of likely N-dealkylation sites (N-methyl/N-ethyl adjacent to an activating group) is 1. The predicted octanol–water partition coefficient (Wildman–Crippen LogP) is 3.47. The van der Waals surface area contributed by atoms with Crippen molar-refractivity contribution in [3.05, 3.63) is 66.1 Å². The average Bonchev–Trinajstić information content (AvgIpc) is 3.15. The molecular weight excluding hydrogens is 332 g/mol. The summed E-state index contributed by atoms with van der Waals surface area (Å²) in [7, 11) is 0. The van der Waals surface area contributed by atoms with Crippen LogP contribution in [0.5, 0.6) is 0 Å². The molecule has 2 rings (SSSR count). The van der Waals surface area contributed by atoms with Crippen molar-refractivity contribution in [3.8, 4) is 0 Å². The first-order valence-corrected chi connectivity index (χ1v) is 8.45. The number of rotatable bonds is 9. The lowest BCUT2D eigenvalue weighted by Crippen LogP contribution is -2.35. The van der Waals surface area contributed by atoms with E-state index in [0.29, 0.717) is 30.9 Å². The van der Waals surface area contributed by atoms with Crippen LogP contribution in [0, 0.1) is 0 Å². The molecule has 1 amide bonds. The minimum Gasteiger partial charge on any atom is -0.467 e. The van der Waals surface area contributed by atoms with Gasteiger partial charge in [-0.3, -0.25) is 4.79 Å². The molecule has 6 nitrogen and oxygen atoms in total. The summed E-state index contributed by atoms with van der Waals surface area (Å²) in [5, 5.41) is 3.14.